The molecule has 2 aromatic rings. The number of fused-ring (bicyclic) bond motifs is 1. The molecule has 2 aliphatic heterocycles. The zero-order valence-corrected chi connectivity index (χ0v) is 20.0. The highest BCUT2D eigenvalue weighted by atomic mass is 32.2. The molecular formula is C23H31N5O3S. The highest BCUT2D eigenvalue weighted by molar-refractivity contribution is 7.84. The standard InChI is InChI=1S/C23H31N5O3S/c1-16(2)31-23(29)27-10-8-18(9-11-27)26(3)21-14-22(25-15-24-21)28-12-7-17-13-19(32(4)30)5-6-20(17)28/h5-6,13-16,18H,7-12H2,1-4H3. The van der Waals surface area contributed by atoms with Crippen molar-refractivity contribution in [3.05, 3.63) is 36.2 Å². The van der Waals surface area contributed by atoms with Crippen LogP contribution in [-0.2, 0) is 22.0 Å². The Bertz CT molecular complexity index is 1010. The fraction of sp³-hybridized carbons (Fsp3) is 0.522. The van der Waals surface area contributed by atoms with Crippen LogP contribution in [0.15, 0.2) is 35.5 Å². The monoisotopic (exact) mass is 457 g/mol. The molecule has 1 aromatic carbocycles. The lowest BCUT2D eigenvalue weighted by Crippen LogP contribution is -2.46. The number of ether oxygens (including phenoxy) is 1. The third-order valence-corrected chi connectivity index (χ3v) is 7.08. The summed E-state index contributed by atoms with van der Waals surface area (Å²) < 4.78 is 17.1. The molecule has 8 nitrogen and oxygen atoms in total. The smallest absolute Gasteiger partial charge is 0.410 e. The molecular weight excluding hydrogens is 426 g/mol. The molecule has 1 unspecified atom stereocenters. The number of carbonyl (C=O) groups is 1. The molecule has 4 rings (SSSR count). The Hall–Kier alpha value is -2.68. The molecule has 1 atom stereocenters. The van der Waals surface area contributed by atoms with Gasteiger partial charge in [-0.15, -0.1) is 0 Å². The van der Waals surface area contributed by atoms with E-state index in [0.29, 0.717) is 19.1 Å². The van der Waals surface area contributed by atoms with Gasteiger partial charge in [0.05, 0.1) is 6.10 Å². The zero-order chi connectivity index (χ0) is 22.8. The lowest BCUT2D eigenvalue weighted by atomic mass is 10.0. The van der Waals surface area contributed by atoms with Gasteiger partial charge in [-0.3, -0.25) is 4.21 Å². The van der Waals surface area contributed by atoms with Crippen LogP contribution in [0.2, 0.25) is 0 Å². The molecule has 0 bridgehead atoms. The van der Waals surface area contributed by atoms with E-state index in [1.807, 2.05) is 38.1 Å². The number of benzene rings is 1. The molecule has 1 saturated heterocycles. The fourth-order valence-electron chi connectivity index (χ4n) is 4.37. The van der Waals surface area contributed by atoms with Gasteiger partial charge in [-0.2, -0.15) is 0 Å². The van der Waals surface area contributed by atoms with Crippen molar-refractivity contribution < 1.29 is 13.7 Å². The number of carbonyl (C=O) groups excluding carboxylic acids is 1. The van der Waals surface area contributed by atoms with E-state index >= 15 is 0 Å². The lowest BCUT2D eigenvalue weighted by molar-refractivity contribution is 0.0692. The molecule has 2 aliphatic rings. The molecule has 0 radical (unpaired) electrons. The van der Waals surface area contributed by atoms with E-state index in [-0.39, 0.29) is 12.2 Å². The predicted octanol–water partition coefficient (Wildman–Crippen LogP) is 3.35. The number of likely N-dealkylation sites (tertiary alicyclic amines) is 1. The molecule has 1 aromatic heterocycles. The van der Waals surface area contributed by atoms with E-state index in [4.69, 9.17) is 4.74 Å². The Morgan fingerprint density at radius 2 is 1.94 bits per heavy atom. The quantitative estimate of drug-likeness (QED) is 0.681. The normalized spacial score (nSPS) is 17.4. The Balaban J connectivity index is 1.44. The fourth-order valence-corrected chi connectivity index (χ4v) is 4.94. The third-order valence-electron chi connectivity index (χ3n) is 6.16. The van der Waals surface area contributed by atoms with Crippen LogP contribution in [0.4, 0.5) is 22.1 Å². The number of aromatic nitrogens is 2. The summed E-state index contributed by atoms with van der Waals surface area (Å²) >= 11 is 0. The summed E-state index contributed by atoms with van der Waals surface area (Å²) in [6, 6.07) is 8.34. The first-order valence-electron chi connectivity index (χ1n) is 11.1. The third kappa shape index (κ3) is 4.72. The van der Waals surface area contributed by atoms with Gasteiger partial charge in [0.1, 0.15) is 18.0 Å². The van der Waals surface area contributed by atoms with Gasteiger partial charge >= 0.3 is 6.09 Å². The molecule has 1 fully saturated rings. The summed E-state index contributed by atoms with van der Waals surface area (Å²) in [5, 5.41) is 0. The Labute approximate surface area is 192 Å². The van der Waals surface area contributed by atoms with Crippen molar-refractivity contribution in [3.8, 4) is 0 Å². The minimum Gasteiger partial charge on any atom is -0.447 e. The van der Waals surface area contributed by atoms with Gasteiger partial charge in [0.25, 0.3) is 0 Å². The first-order chi connectivity index (χ1) is 15.3. The van der Waals surface area contributed by atoms with Crippen molar-refractivity contribution in [1.82, 2.24) is 14.9 Å². The number of nitrogens with zero attached hydrogens (tertiary/aromatic N) is 5. The lowest BCUT2D eigenvalue weighted by Gasteiger charge is -2.37. The average Bonchev–Trinajstić information content (AvgIpc) is 3.21. The predicted molar refractivity (Wildman–Crippen MR) is 126 cm³/mol. The summed E-state index contributed by atoms with van der Waals surface area (Å²) in [7, 11) is 1.07. The van der Waals surface area contributed by atoms with Gasteiger partial charge in [-0.05, 0) is 56.9 Å². The number of hydrogen-bond donors (Lipinski definition) is 0. The largest absolute Gasteiger partial charge is 0.447 e. The van der Waals surface area contributed by atoms with Crippen molar-refractivity contribution in [3.63, 3.8) is 0 Å². The second kappa shape index (κ2) is 9.44. The molecule has 0 saturated carbocycles. The molecule has 172 valence electrons. The summed E-state index contributed by atoms with van der Waals surface area (Å²) in [6.07, 6.45) is 5.63. The van der Waals surface area contributed by atoms with E-state index < -0.39 is 10.8 Å². The average molecular weight is 458 g/mol. The number of amides is 1. The number of rotatable bonds is 5. The highest BCUT2D eigenvalue weighted by Gasteiger charge is 2.28. The van der Waals surface area contributed by atoms with Crippen molar-refractivity contribution in [2.24, 2.45) is 0 Å². The Morgan fingerprint density at radius 3 is 2.62 bits per heavy atom. The van der Waals surface area contributed by atoms with Gasteiger partial charge in [0.15, 0.2) is 0 Å². The molecule has 9 heteroatoms. The van der Waals surface area contributed by atoms with E-state index in [1.165, 1.54) is 5.56 Å². The SMILES string of the molecule is CC(C)OC(=O)N1CCC(N(C)c2cc(N3CCc4cc(S(C)=O)ccc43)ncn2)CC1. The molecule has 0 aliphatic carbocycles. The second-order valence-electron chi connectivity index (χ2n) is 8.64. The van der Waals surface area contributed by atoms with Crippen LogP contribution in [-0.4, -0.2) is 70.3 Å². The molecule has 0 spiro atoms. The number of anilines is 3. The van der Waals surface area contributed by atoms with Gasteiger partial charge < -0.3 is 19.4 Å². The van der Waals surface area contributed by atoms with Crippen molar-refractivity contribution >= 4 is 34.2 Å². The topological polar surface area (TPSA) is 78.9 Å². The van der Waals surface area contributed by atoms with E-state index in [1.54, 1.807) is 17.5 Å². The van der Waals surface area contributed by atoms with Gasteiger partial charge in [0.2, 0.25) is 0 Å². The van der Waals surface area contributed by atoms with Crippen LogP contribution in [0.1, 0.15) is 32.3 Å². The molecule has 0 N–H and O–H groups in total. The highest BCUT2D eigenvalue weighted by Crippen LogP contribution is 2.35. The van der Waals surface area contributed by atoms with Crippen molar-refractivity contribution in [1.29, 1.82) is 0 Å². The maximum Gasteiger partial charge on any atom is 0.410 e. The maximum atomic E-state index is 12.2. The second-order valence-corrected chi connectivity index (χ2v) is 10.0. The summed E-state index contributed by atoms with van der Waals surface area (Å²) in [6.45, 7) is 5.94. The van der Waals surface area contributed by atoms with Crippen LogP contribution in [0.3, 0.4) is 0 Å². The van der Waals surface area contributed by atoms with Gasteiger partial charge in [-0.1, -0.05) is 0 Å². The van der Waals surface area contributed by atoms with Crippen LogP contribution in [0.5, 0.6) is 0 Å². The molecule has 3 heterocycles. The van der Waals surface area contributed by atoms with Crippen LogP contribution < -0.4 is 9.80 Å². The Morgan fingerprint density at radius 1 is 1.19 bits per heavy atom. The van der Waals surface area contributed by atoms with Crippen molar-refractivity contribution in [2.75, 3.05) is 42.7 Å². The first kappa shape index (κ1) is 22.5. The van der Waals surface area contributed by atoms with Crippen LogP contribution in [0, 0.1) is 0 Å². The van der Waals surface area contributed by atoms with Crippen molar-refractivity contribution in [2.45, 2.75) is 50.2 Å². The van der Waals surface area contributed by atoms with E-state index in [9.17, 15) is 9.00 Å². The summed E-state index contributed by atoms with van der Waals surface area (Å²) in [4.78, 5) is 28.2. The zero-order valence-electron chi connectivity index (χ0n) is 19.2. The number of hydrogen-bond acceptors (Lipinski definition) is 7. The van der Waals surface area contributed by atoms with Gasteiger partial charge in [-0.25, -0.2) is 14.8 Å². The maximum absolute atomic E-state index is 12.2. The first-order valence-corrected chi connectivity index (χ1v) is 12.6. The summed E-state index contributed by atoms with van der Waals surface area (Å²) in [5.41, 5.74) is 2.32. The molecule has 1 amide bonds. The summed E-state index contributed by atoms with van der Waals surface area (Å²) in [5.74, 6) is 1.74. The number of piperidine rings is 1. The Kier molecular flexibility index (Phi) is 6.64. The van der Waals surface area contributed by atoms with Crippen LogP contribution >= 0.6 is 0 Å². The van der Waals surface area contributed by atoms with E-state index in [0.717, 1.165) is 48.0 Å². The minimum atomic E-state index is -0.982. The van der Waals surface area contributed by atoms with Crippen LogP contribution in [0.25, 0.3) is 0 Å². The van der Waals surface area contributed by atoms with Gasteiger partial charge in [0, 0.05) is 66.4 Å². The molecule has 32 heavy (non-hydrogen) atoms. The van der Waals surface area contributed by atoms with E-state index in [2.05, 4.69) is 26.8 Å². The minimum absolute atomic E-state index is 0.103.